The molecule has 0 bridgehead atoms. The monoisotopic (exact) mass is 1400 g/mol. The van der Waals surface area contributed by atoms with E-state index in [1.807, 2.05) is 6.08 Å². The van der Waals surface area contributed by atoms with E-state index in [9.17, 15) is 75.7 Å². The highest BCUT2D eigenvalue weighted by molar-refractivity contribution is 5.77. The minimum atomic E-state index is -3.08. The Morgan fingerprint density at radius 3 is 1.36 bits per heavy atom. The molecule has 0 aromatic rings. The average molecular weight is 1410 g/mol. The second kappa shape index (κ2) is 55.0. The quantitative estimate of drug-likeness (QED) is 0.0199. The van der Waals surface area contributed by atoms with Crippen molar-refractivity contribution in [2.45, 2.75) is 420 Å². The first-order chi connectivity index (χ1) is 47.4. The Balaban J connectivity index is 1.54. The maximum atomic E-state index is 13.5. The van der Waals surface area contributed by atoms with Crippen LogP contribution in [0.1, 0.15) is 310 Å². The maximum absolute atomic E-state index is 13.5. The zero-order valence-electron chi connectivity index (χ0n) is 60.7. The van der Waals surface area contributed by atoms with Crippen molar-refractivity contribution >= 4 is 17.8 Å². The number of carbonyl (C=O) groups is 3. The van der Waals surface area contributed by atoms with Crippen molar-refractivity contribution < 1.29 is 104 Å². The van der Waals surface area contributed by atoms with Crippen LogP contribution in [0.15, 0.2) is 12.2 Å². The summed E-state index contributed by atoms with van der Waals surface area (Å²) in [4.78, 5) is 38.7. The number of hydrogen-bond donors (Lipinski definition) is 14. The lowest BCUT2D eigenvalue weighted by atomic mass is 9.88. The summed E-state index contributed by atoms with van der Waals surface area (Å²) >= 11 is 0. The van der Waals surface area contributed by atoms with Gasteiger partial charge in [-0.25, -0.2) is 4.79 Å². The van der Waals surface area contributed by atoms with E-state index in [2.05, 4.69) is 24.5 Å². The van der Waals surface area contributed by atoms with Crippen LogP contribution in [0.4, 0.5) is 0 Å². The number of ether oxygens (including phenoxy) is 6. The van der Waals surface area contributed by atoms with Gasteiger partial charge < -0.3 is 100 Å². The molecule has 3 aliphatic heterocycles. The van der Waals surface area contributed by atoms with Gasteiger partial charge in [-0.05, 0) is 19.3 Å². The van der Waals surface area contributed by atoms with Crippen molar-refractivity contribution in [3.8, 4) is 0 Å². The first kappa shape index (κ1) is 89.7. The zero-order chi connectivity index (χ0) is 71.8. The third kappa shape index (κ3) is 35.8. The van der Waals surface area contributed by atoms with Crippen molar-refractivity contribution in [1.29, 1.82) is 0 Å². The van der Waals surface area contributed by atoms with Gasteiger partial charge in [-0.1, -0.05) is 283 Å². The molecular weight excluding hydrogens is 1260 g/mol. The molecule has 3 saturated heterocycles. The summed E-state index contributed by atoms with van der Waals surface area (Å²) in [6.07, 6.45) is 28.2. The number of nitrogens with one attached hydrogen (secondary N) is 2. The van der Waals surface area contributed by atoms with Gasteiger partial charge in [0.25, 0.3) is 5.79 Å². The maximum Gasteiger partial charge on any atom is 0.364 e. The standard InChI is InChI=1S/C75H140N2O21/c1-4-6-8-10-12-14-16-18-20-22-24-26-27-28-29-31-33-35-37-39-41-43-45-47-49-62(85)77-56(57(82)48-46-44-42-40-38-36-34-32-30-25-23-21-19-17-15-13-11-9-7-5-2)54-93-72-67(89)66(88)69(61(53-80)95-72)96-73-68(90)71(65(87)60(52-79)94-73)98-75(74(91)92)50-58(83)63(76-55(3)81)70(97-75)64(86)59(84)51-78/h46,48,56-61,63-73,78-80,82-84,86-90H,4-45,47,49-54H2,1-3H3,(H,76,81)(H,77,85)(H,91,92)/b48-46+. The van der Waals surface area contributed by atoms with Crippen molar-refractivity contribution in [2.75, 3.05) is 26.4 Å². The third-order valence-electron chi connectivity index (χ3n) is 20.0. The largest absolute Gasteiger partial charge is 0.477 e. The number of aliphatic hydroxyl groups excluding tert-OH is 11. The highest BCUT2D eigenvalue weighted by Gasteiger charge is 2.60. The summed E-state index contributed by atoms with van der Waals surface area (Å²) in [7, 11) is 0. The number of amides is 2. The number of carboxylic acid groups (broad SMARTS) is 1. The normalized spacial score (nSPS) is 27.3. The fourth-order valence-corrected chi connectivity index (χ4v) is 13.8. The van der Waals surface area contributed by atoms with Crippen LogP contribution in [0, 0.1) is 0 Å². The van der Waals surface area contributed by atoms with Crippen LogP contribution in [0.5, 0.6) is 0 Å². The number of carbonyl (C=O) groups excluding carboxylic acids is 2. The summed E-state index contributed by atoms with van der Waals surface area (Å²) in [6.45, 7) is 2.19. The van der Waals surface area contributed by atoms with Crippen LogP contribution < -0.4 is 10.6 Å². The lowest BCUT2D eigenvalue weighted by molar-refractivity contribution is -0.386. The second-order valence-corrected chi connectivity index (χ2v) is 28.6. The van der Waals surface area contributed by atoms with Crippen molar-refractivity contribution in [1.82, 2.24) is 10.6 Å². The SMILES string of the molecule is CCCCCCCCCCCCCCCCCCCC/C=C/C(O)C(COC1OC(CO)C(OC2OC(CO)C(O)C(OC3(C(=O)O)CC(O)C(NC(C)=O)C(C(O)C(O)CO)O3)C2O)C(O)C1O)NC(=O)CCCCCCCCCCCCCCCCCCCCCCCCCC. The van der Waals surface area contributed by atoms with Gasteiger partial charge in [0.05, 0.1) is 50.7 Å². The van der Waals surface area contributed by atoms with Gasteiger partial charge in [0, 0.05) is 19.8 Å². The summed E-state index contributed by atoms with van der Waals surface area (Å²) < 4.78 is 34.9. The topological polar surface area (TPSA) is 373 Å². The number of aliphatic carboxylic acids is 1. The lowest BCUT2D eigenvalue weighted by Gasteiger charge is -2.50. The molecular formula is C75H140N2O21. The smallest absolute Gasteiger partial charge is 0.364 e. The molecule has 576 valence electrons. The Labute approximate surface area is 588 Å². The molecule has 2 amide bonds. The fourth-order valence-electron chi connectivity index (χ4n) is 13.8. The Kier molecular flexibility index (Phi) is 50.4. The molecule has 3 heterocycles. The van der Waals surface area contributed by atoms with Gasteiger partial charge in [0.1, 0.15) is 67.1 Å². The van der Waals surface area contributed by atoms with Gasteiger partial charge >= 0.3 is 5.97 Å². The van der Waals surface area contributed by atoms with E-state index in [1.165, 1.54) is 218 Å². The predicted octanol–water partition coefficient (Wildman–Crippen LogP) is 9.41. The van der Waals surface area contributed by atoms with E-state index in [0.717, 1.165) is 51.9 Å². The second-order valence-electron chi connectivity index (χ2n) is 28.6. The number of rotatable bonds is 61. The third-order valence-corrected chi connectivity index (χ3v) is 20.0. The molecule has 3 fully saturated rings. The highest BCUT2D eigenvalue weighted by atomic mass is 16.8. The number of hydrogen-bond acceptors (Lipinski definition) is 20. The van der Waals surface area contributed by atoms with Crippen LogP contribution in [0.3, 0.4) is 0 Å². The van der Waals surface area contributed by atoms with Crippen molar-refractivity contribution in [2.24, 2.45) is 0 Å². The van der Waals surface area contributed by atoms with Gasteiger partial charge in [-0.15, -0.1) is 0 Å². The molecule has 14 N–H and O–H groups in total. The van der Waals surface area contributed by atoms with Crippen molar-refractivity contribution in [3.63, 3.8) is 0 Å². The van der Waals surface area contributed by atoms with E-state index < -0.39 is 155 Å². The minimum Gasteiger partial charge on any atom is -0.477 e. The molecule has 23 heteroatoms. The van der Waals surface area contributed by atoms with Crippen LogP contribution in [-0.4, -0.2) is 215 Å². The molecule has 18 unspecified atom stereocenters. The van der Waals surface area contributed by atoms with E-state index in [4.69, 9.17) is 28.4 Å². The number of aliphatic hydroxyl groups is 11. The molecule has 3 rings (SSSR count). The first-order valence-corrected chi connectivity index (χ1v) is 39.1. The molecule has 0 saturated carbocycles. The summed E-state index contributed by atoms with van der Waals surface area (Å²) in [5.74, 6) is -6.13. The van der Waals surface area contributed by atoms with E-state index >= 15 is 0 Å². The van der Waals surface area contributed by atoms with E-state index in [0.29, 0.717) is 12.8 Å². The molecule has 23 nitrogen and oxygen atoms in total. The first-order valence-electron chi connectivity index (χ1n) is 39.1. The Hall–Kier alpha value is -2.53. The zero-order valence-corrected chi connectivity index (χ0v) is 60.7. The van der Waals surface area contributed by atoms with Gasteiger partial charge in [-0.3, -0.25) is 9.59 Å². The summed E-state index contributed by atoms with van der Waals surface area (Å²) in [5.41, 5.74) is 0. The molecule has 98 heavy (non-hydrogen) atoms. The molecule has 0 aromatic carbocycles. The summed E-state index contributed by atoms with van der Waals surface area (Å²) in [6, 6.07) is -2.62. The molecule has 18 atom stereocenters. The number of unbranched alkanes of at least 4 members (excludes halogenated alkanes) is 41. The molecule has 0 aliphatic carbocycles. The van der Waals surface area contributed by atoms with E-state index in [1.54, 1.807) is 6.08 Å². The Morgan fingerprint density at radius 1 is 0.531 bits per heavy atom. The van der Waals surface area contributed by atoms with Crippen LogP contribution in [0.25, 0.3) is 0 Å². The predicted molar refractivity (Wildman–Crippen MR) is 375 cm³/mol. The fraction of sp³-hybridized carbons (Fsp3) is 0.933. The molecule has 0 spiro atoms. The van der Waals surface area contributed by atoms with Crippen molar-refractivity contribution in [3.05, 3.63) is 12.2 Å². The number of carboxylic acids is 1. The average Bonchev–Trinajstić information content (AvgIpc) is 0.755. The Bertz CT molecular complexity index is 2010. The van der Waals surface area contributed by atoms with Gasteiger partial charge in [-0.2, -0.15) is 0 Å². The van der Waals surface area contributed by atoms with Crippen LogP contribution in [-0.2, 0) is 42.8 Å². The van der Waals surface area contributed by atoms with Crippen LogP contribution >= 0.6 is 0 Å². The van der Waals surface area contributed by atoms with E-state index in [-0.39, 0.29) is 12.3 Å². The molecule has 0 radical (unpaired) electrons. The van der Waals surface area contributed by atoms with Crippen LogP contribution in [0.2, 0.25) is 0 Å². The van der Waals surface area contributed by atoms with Gasteiger partial charge in [0.2, 0.25) is 11.8 Å². The minimum absolute atomic E-state index is 0.206. The van der Waals surface area contributed by atoms with Gasteiger partial charge in [0.15, 0.2) is 12.6 Å². The summed E-state index contributed by atoms with van der Waals surface area (Å²) in [5, 5.41) is 136. The highest BCUT2D eigenvalue weighted by Crippen LogP contribution is 2.39. The molecule has 3 aliphatic rings. The number of allylic oxidation sites excluding steroid dienone is 1. The lowest BCUT2D eigenvalue weighted by Crippen LogP contribution is -2.70. The Morgan fingerprint density at radius 2 is 0.949 bits per heavy atom. The molecule has 0 aromatic heterocycles.